The first-order valence-electron chi connectivity index (χ1n) is 6.43. The first-order chi connectivity index (χ1) is 9.55. The van der Waals surface area contributed by atoms with Crippen LogP contribution in [0.5, 0.6) is 5.75 Å². The second-order valence-electron chi connectivity index (χ2n) is 4.56. The lowest BCUT2D eigenvalue weighted by molar-refractivity contribution is 0.387. The molecule has 0 radical (unpaired) electrons. The Kier molecular flexibility index (Phi) is 4.12. The molecule has 1 heterocycles. The Morgan fingerprint density at radius 1 is 1.45 bits per heavy atom. The summed E-state index contributed by atoms with van der Waals surface area (Å²) in [7, 11) is 3.31. The van der Waals surface area contributed by atoms with Gasteiger partial charge in [-0.3, -0.25) is 4.68 Å². The van der Waals surface area contributed by atoms with Crippen LogP contribution in [0.4, 0.5) is 15.8 Å². The molecule has 2 aromatic rings. The van der Waals surface area contributed by atoms with Crippen LogP contribution >= 0.6 is 0 Å². The van der Waals surface area contributed by atoms with Crippen LogP contribution in [0.1, 0.15) is 18.2 Å². The standard InChI is InChI=1S/C14H19FN4O/c1-4-12-9(8-19(2)18-12)7-17-13-6-14(20-3)10(15)5-11(13)16/h5-6,8,17H,4,7,16H2,1-3H3. The molecule has 20 heavy (non-hydrogen) atoms. The van der Waals surface area contributed by atoms with E-state index in [0.717, 1.165) is 17.7 Å². The van der Waals surface area contributed by atoms with E-state index < -0.39 is 5.82 Å². The molecule has 6 heteroatoms. The molecular weight excluding hydrogens is 259 g/mol. The van der Waals surface area contributed by atoms with Crippen molar-refractivity contribution in [1.29, 1.82) is 0 Å². The van der Waals surface area contributed by atoms with Crippen LogP contribution in [-0.4, -0.2) is 16.9 Å². The summed E-state index contributed by atoms with van der Waals surface area (Å²) in [5.74, 6) is -0.297. The summed E-state index contributed by atoms with van der Waals surface area (Å²) in [6.45, 7) is 2.64. The van der Waals surface area contributed by atoms with Crippen molar-refractivity contribution in [2.75, 3.05) is 18.2 Å². The summed E-state index contributed by atoms with van der Waals surface area (Å²) in [5, 5.41) is 7.57. The van der Waals surface area contributed by atoms with Gasteiger partial charge in [0, 0.05) is 37.5 Å². The van der Waals surface area contributed by atoms with Gasteiger partial charge in [0.25, 0.3) is 0 Å². The van der Waals surface area contributed by atoms with Crippen molar-refractivity contribution in [3.05, 3.63) is 35.4 Å². The number of anilines is 2. The Bertz CT molecular complexity index is 609. The zero-order chi connectivity index (χ0) is 14.7. The van der Waals surface area contributed by atoms with Crippen LogP contribution < -0.4 is 15.8 Å². The number of hydrogen-bond donors (Lipinski definition) is 2. The summed E-state index contributed by atoms with van der Waals surface area (Å²) < 4.78 is 20.2. The van der Waals surface area contributed by atoms with Gasteiger partial charge in [-0.15, -0.1) is 0 Å². The molecule has 0 aliphatic rings. The van der Waals surface area contributed by atoms with Gasteiger partial charge in [-0.05, 0) is 6.42 Å². The number of methoxy groups -OCH3 is 1. The number of halogens is 1. The summed E-state index contributed by atoms with van der Waals surface area (Å²) in [5.41, 5.74) is 8.94. The van der Waals surface area contributed by atoms with Crippen molar-refractivity contribution in [3.8, 4) is 5.75 Å². The van der Waals surface area contributed by atoms with Crippen LogP contribution in [0.2, 0.25) is 0 Å². The molecule has 3 N–H and O–H groups in total. The second-order valence-corrected chi connectivity index (χ2v) is 4.56. The van der Waals surface area contributed by atoms with E-state index in [1.54, 1.807) is 10.7 Å². The molecule has 0 atom stereocenters. The van der Waals surface area contributed by atoms with Gasteiger partial charge in [-0.1, -0.05) is 6.92 Å². The van der Waals surface area contributed by atoms with E-state index in [9.17, 15) is 4.39 Å². The van der Waals surface area contributed by atoms with Crippen molar-refractivity contribution in [2.45, 2.75) is 19.9 Å². The quantitative estimate of drug-likeness (QED) is 0.824. The van der Waals surface area contributed by atoms with Gasteiger partial charge in [-0.2, -0.15) is 5.10 Å². The number of aryl methyl sites for hydroxylation is 2. The first-order valence-corrected chi connectivity index (χ1v) is 6.43. The molecular formula is C14H19FN4O. The molecule has 0 saturated heterocycles. The van der Waals surface area contributed by atoms with E-state index in [1.165, 1.54) is 13.2 Å². The number of aromatic nitrogens is 2. The van der Waals surface area contributed by atoms with Crippen LogP contribution in [0.25, 0.3) is 0 Å². The van der Waals surface area contributed by atoms with E-state index in [0.29, 0.717) is 17.9 Å². The average molecular weight is 278 g/mol. The maximum atomic E-state index is 13.5. The lowest BCUT2D eigenvalue weighted by Crippen LogP contribution is -2.05. The fourth-order valence-corrected chi connectivity index (χ4v) is 2.10. The van der Waals surface area contributed by atoms with Crippen LogP contribution in [0, 0.1) is 5.82 Å². The number of rotatable bonds is 5. The molecule has 0 fully saturated rings. The van der Waals surface area contributed by atoms with Crippen LogP contribution in [0.15, 0.2) is 18.3 Å². The van der Waals surface area contributed by atoms with Crippen molar-refractivity contribution >= 4 is 11.4 Å². The van der Waals surface area contributed by atoms with Gasteiger partial charge in [0.15, 0.2) is 11.6 Å². The van der Waals surface area contributed by atoms with Gasteiger partial charge >= 0.3 is 0 Å². The van der Waals surface area contributed by atoms with Crippen molar-refractivity contribution in [3.63, 3.8) is 0 Å². The minimum Gasteiger partial charge on any atom is -0.494 e. The van der Waals surface area contributed by atoms with E-state index in [2.05, 4.69) is 17.3 Å². The number of hydrogen-bond acceptors (Lipinski definition) is 4. The molecule has 0 aliphatic heterocycles. The summed E-state index contributed by atoms with van der Waals surface area (Å²) in [6.07, 6.45) is 2.82. The molecule has 2 rings (SSSR count). The third-order valence-electron chi connectivity index (χ3n) is 3.12. The lowest BCUT2D eigenvalue weighted by Gasteiger charge is -2.11. The Morgan fingerprint density at radius 2 is 2.20 bits per heavy atom. The number of benzene rings is 1. The highest BCUT2D eigenvalue weighted by molar-refractivity contribution is 5.68. The molecule has 0 saturated carbocycles. The highest BCUT2D eigenvalue weighted by atomic mass is 19.1. The summed E-state index contributed by atoms with van der Waals surface area (Å²) in [6, 6.07) is 2.82. The average Bonchev–Trinajstić information content (AvgIpc) is 2.78. The second kappa shape index (κ2) is 5.81. The first kappa shape index (κ1) is 14.2. The number of nitrogens with zero attached hydrogens (tertiary/aromatic N) is 2. The number of nitrogens with two attached hydrogens (primary N) is 1. The van der Waals surface area contributed by atoms with Crippen molar-refractivity contribution < 1.29 is 9.13 Å². The molecule has 0 unspecified atom stereocenters. The van der Waals surface area contributed by atoms with Gasteiger partial charge < -0.3 is 15.8 Å². The SMILES string of the molecule is CCc1nn(C)cc1CNc1cc(OC)c(F)cc1N. The van der Waals surface area contributed by atoms with Crippen LogP contribution in [-0.2, 0) is 20.0 Å². The minimum atomic E-state index is -0.467. The predicted octanol–water partition coefficient (Wildman–Crippen LogP) is 2.32. The van der Waals surface area contributed by atoms with Crippen LogP contribution in [0.3, 0.4) is 0 Å². The van der Waals surface area contributed by atoms with Gasteiger partial charge in [0.2, 0.25) is 0 Å². The minimum absolute atomic E-state index is 0.170. The van der Waals surface area contributed by atoms with E-state index in [1.807, 2.05) is 13.2 Å². The van der Waals surface area contributed by atoms with Gasteiger partial charge in [0.05, 0.1) is 24.2 Å². The lowest BCUT2D eigenvalue weighted by atomic mass is 10.2. The van der Waals surface area contributed by atoms with E-state index >= 15 is 0 Å². The molecule has 0 aliphatic carbocycles. The molecule has 1 aromatic heterocycles. The largest absolute Gasteiger partial charge is 0.494 e. The molecule has 0 spiro atoms. The Labute approximate surface area is 117 Å². The normalized spacial score (nSPS) is 10.6. The Hall–Kier alpha value is -2.24. The van der Waals surface area contributed by atoms with E-state index in [-0.39, 0.29) is 5.75 Å². The molecule has 108 valence electrons. The smallest absolute Gasteiger partial charge is 0.167 e. The van der Waals surface area contributed by atoms with E-state index in [4.69, 9.17) is 10.5 Å². The maximum Gasteiger partial charge on any atom is 0.167 e. The zero-order valence-corrected chi connectivity index (χ0v) is 11.9. The van der Waals surface area contributed by atoms with Crippen molar-refractivity contribution in [1.82, 2.24) is 9.78 Å². The molecule has 0 bridgehead atoms. The topological polar surface area (TPSA) is 65.1 Å². The third kappa shape index (κ3) is 2.84. The third-order valence-corrected chi connectivity index (χ3v) is 3.12. The van der Waals surface area contributed by atoms with Gasteiger partial charge in [0.1, 0.15) is 0 Å². The van der Waals surface area contributed by atoms with Crippen molar-refractivity contribution in [2.24, 2.45) is 7.05 Å². The monoisotopic (exact) mass is 278 g/mol. The number of nitrogens with one attached hydrogen (secondary N) is 1. The predicted molar refractivity (Wildman–Crippen MR) is 77.3 cm³/mol. The molecule has 0 amide bonds. The zero-order valence-electron chi connectivity index (χ0n) is 11.9. The molecule has 1 aromatic carbocycles. The number of ether oxygens (including phenoxy) is 1. The fourth-order valence-electron chi connectivity index (χ4n) is 2.10. The highest BCUT2D eigenvalue weighted by Crippen LogP contribution is 2.28. The summed E-state index contributed by atoms with van der Waals surface area (Å²) >= 11 is 0. The highest BCUT2D eigenvalue weighted by Gasteiger charge is 2.10. The molecule has 5 nitrogen and oxygen atoms in total. The Balaban J connectivity index is 2.18. The number of nitrogen functional groups attached to an aromatic ring is 1. The van der Waals surface area contributed by atoms with Gasteiger partial charge in [-0.25, -0.2) is 4.39 Å². The summed E-state index contributed by atoms with van der Waals surface area (Å²) in [4.78, 5) is 0. The fraction of sp³-hybridized carbons (Fsp3) is 0.357. The Morgan fingerprint density at radius 3 is 2.85 bits per heavy atom. The maximum absolute atomic E-state index is 13.5.